The minimum Gasteiger partial charge on any atom is -0.390 e. The summed E-state index contributed by atoms with van der Waals surface area (Å²) in [6.45, 7) is 1.41. The Hall–Kier alpha value is -0.930. The summed E-state index contributed by atoms with van der Waals surface area (Å²) in [7, 11) is 0. The molecule has 0 fully saturated rings. The van der Waals surface area contributed by atoms with Crippen LogP contribution in [0.4, 0.5) is 4.39 Å². The van der Waals surface area contributed by atoms with E-state index >= 15 is 0 Å². The Balaban J connectivity index is 2.94. The van der Waals surface area contributed by atoms with Gasteiger partial charge in [0.2, 0.25) is 0 Å². The van der Waals surface area contributed by atoms with Crippen LogP contribution in [0.2, 0.25) is 0 Å². The topological polar surface area (TPSA) is 40.5 Å². The van der Waals surface area contributed by atoms with E-state index in [0.29, 0.717) is 0 Å². The summed E-state index contributed by atoms with van der Waals surface area (Å²) in [4.78, 5) is 0. The largest absolute Gasteiger partial charge is 0.390 e. The van der Waals surface area contributed by atoms with Crippen LogP contribution in [0, 0.1) is 5.82 Å². The van der Waals surface area contributed by atoms with E-state index < -0.39 is 18.0 Å². The summed E-state index contributed by atoms with van der Waals surface area (Å²) in [6, 6.07) is 5.85. The van der Waals surface area contributed by atoms with Crippen molar-refractivity contribution < 1.29 is 14.6 Å². The van der Waals surface area contributed by atoms with Crippen molar-refractivity contribution in [3.8, 4) is 0 Å². The molecule has 1 rings (SSSR count). The van der Waals surface area contributed by atoms with Crippen molar-refractivity contribution >= 4 is 0 Å². The highest BCUT2D eigenvalue weighted by Crippen LogP contribution is 2.19. The quantitative estimate of drug-likeness (QED) is 0.701. The van der Waals surface area contributed by atoms with Gasteiger partial charge in [0.15, 0.2) is 0 Å². The van der Waals surface area contributed by atoms with Gasteiger partial charge in [0.1, 0.15) is 11.9 Å². The zero-order valence-corrected chi connectivity index (χ0v) is 6.74. The second-order valence-corrected chi connectivity index (χ2v) is 2.71. The summed E-state index contributed by atoms with van der Waals surface area (Å²) in [5.74, 6) is -0.495. The van der Waals surface area contributed by atoms with Crippen molar-refractivity contribution in [2.75, 3.05) is 0 Å². The van der Waals surface area contributed by atoms with E-state index in [0.717, 1.165) is 0 Å². The number of benzene rings is 1. The van der Waals surface area contributed by atoms with Crippen LogP contribution in [0.1, 0.15) is 18.6 Å². The van der Waals surface area contributed by atoms with Gasteiger partial charge in [-0.2, -0.15) is 0 Å². The first kappa shape index (κ1) is 9.16. The van der Waals surface area contributed by atoms with Gasteiger partial charge in [0.05, 0.1) is 6.10 Å². The average molecular weight is 170 g/mol. The fourth-order valence-corrected chi connectivity index (χ4v) is 0.975. The molecular weight excluding hydrogens is 159 g/mol. The molecule has 0 aliphatic heterocycles. The predicted molar refractivity (Wildman–Crippen MR) is 43.0 cm³/mol. The molecule has 2 atom stereocenters. The maximum Gasteiger partial charge on any atom is 0.129 e. The zero-order valence-electron chi connectivity index (χ0n) is 6.74. The Labute approximate surface area is 70.3 Å². The molecule has 0 heterocycles. The SMILES string of the molecule is C[C@@H](O)[C@H](O)c1ccccc1F. The first-order valence-corrected chi connectivity index (χ1v) is 3.73. The molecule has 1 aromatic carbocycles. The van der Waals surface area contributed by atoms with E-state index in [9.17, 15) is 9.50 Å². The molecular formula is C9H11FO2. The molecule has 0 unspecified atom stereocenters. The molecule has 0 aliphatic carbocycles. The van der Waals surface area contributed by atoms with Crippen LogP contribution in [0.5, 0.6) is 0 Å². The maximum absolute atomic E-state index is 12.9. The zero-order chi connectivity index (χ0) is 9.14. The Kier molecular flexibility index (Phi) is 2.78. The highest BCUT2D eigenvalue weighted by atomic mass is 19.1. The Morgan fingerprint density at radius 1 is 1.25 bits per heavy atom. The highest BCUT2D eigenvalue weighted by molar-refractivity contribution is 5.20. The first-order valence-electron chi connectivity index (χ1n) is 3.73. The van der Waals surface area contributed by atoms with Crippen molar-refractivity contribution in [2.24, 2.45) is 0 Å². The molecule has 2 N–H and O–H groups in total. The van der Waals surface area contributed by atoms with E-state index in [4.69, 9.17) is 5.11 Å². The predicted octanol–water partition coefficient (Wildman–Crippen LogP) is 1.24. The van der Waals surface area contributed by atoms with Crippen molar-refractivity contribution in [1.29, 1.82) is 0 Å². The summed E-state index contributed by atoms with van der Waals surface area (Å²) in [6.07, 6.45) is -2.10. The van der Waals surface area contributed by atoms with Gasteiger partial charge in [0.25, 0.3) is 0 Å². The summed E-state index contributed by atoms with van der Waals surface area (Å²) in [5, 5.41) is 18.3. The molecule has 0 radical (unpaired) electrons. The fraction of sp³-hybridized carbons (Fsp3) is 0.333. The van der Waals surface area contributed by atoms with Gasteiger partial charge < -0.3 is 10.2 Å². The minimum absolute atomic E-state index is 0.132. The van der Waals surface area contributed by atoms with E-state index in [-0.39, 0.29) is 5.56 Å². The number of halogens is 1. The van der Waals surface area contributed by atoms with Gasteiger partial charge in [-0.3, -0.25) is 0 Å². The maximum atomic E-state index is 12.9. The van der Waals surface area contributed by atoms with Crippen LogP contribution >= 0.6 is 0 Å². The third kappa shape index (κ3) is 1.81. The Morgan fingerprint density at radius 2 is 1.83 bits per heavy atom. The van der Waals surface area contributed by atoms with Gasteiger partial charge in [-0.15, -0.1) is 0 Å². The highest BCUT2D eigenvalue weighted by Gasteiger charge is 2.16. The number of hydrogen-bond acceptors (Lipinski definition) is 2. The molecule has 0 spiro atoms. The molecule has 2 nitrogen and oxygen atoms in total. The van der Waals surface area contributed by atoms with E-state index in [1.165, 1.54) is 25.1 Å². The molecule has 1 aromatic rings. The van der Waals surface area contributed by atoms with Gasteiger partial charge in [0, 0.05) is 5.56 Å². The molecule has 0 aliphatic rings. The van der Waals surface area contributed by atoms with Crippen LogP contribution in [-0.4, -0.2) is 16.3 Å². The van der Waals surface area contributed by atoms with Crippen molar-refractivity contribution in [1.82, 2.24) is 0 Å². The second-order valence-electron chi connectivity index (χ2n) is 2.71. The lowest BCUT2D eigenvalue weighted by Gasteiger charge is -2.13. The number of hydrogen-bond donors (Lipinski definition) is 2. The summed E-state index contributed by atoms with van der Waals surface area (Å²) >= 11 is 0. The second kappa shape index (κ2) is 3.65. The van der Waals surface area contributed by atoms with Crippen molar-refractivity contribution in [3.05, 3.63) is 35.6 Å². The number of rotatable bonds is 2. The van der Waals surface area contributed by atoms with Crippen molar-refractivity contribution in [3.63, 3.8) is 0 Å². The van der Waals surface area contributed by atoms with Gasteiger partial charge in [-0.1, -0.05) is 18.2 Å². The monoisotopic (exact) mass is 170 g/mol. The molecule has 0 amide bonds. The lowest BCUT2D eigenvalue weighted by molar-refractivity contribution is 0.0283. The van der Waals surface area contributed by atoms with Crippen LogP contribution in [-0.2, 0) is 0 Å². The normalized spacial score (nSPS) is 15.7. The molecule has 3 heteroatoms. The summed E-state index contributed by atoms with van der Waals surface area (Å²) < 4.78 is 12.9. The van der Waals surface area contributed by atoms with Crippen molar-refractivity contribution in [2.45, 2.75) is 19.1 Å². The lowest BCUT2D eigenvalue weighted by atomic mass is 10.1. The number of aliphatic hydroxyl groups excluding tert-OH is 2. The minimum atomic E-state index is -1.15. The molecule has 66 valence electrons. The average Bonchev–Trinajstić information content (AvgIpc) is 2.04. The smallest absolute Gasteiger partial charge is 0.129 e. The Bertz CT molecular complexity index is 260. The molecule has 0 aromatic heterocycles. The fourth-order valence-electron chi connectivity index (χ4n) is 0.975. The number of aliphatic hydroxyl groups is 2. The third-order valence-corrected chi connectivity index (χ3v) is 1.68. The van der Waals surface area contributed by atoms with Crippen LogP contribution in [0.3, 0.4) is 0 Å². The van der Waals surface area contributed by atoms with Crippen LogP contribution in [0.15, 0.2) is 24.3 Å². The van der Waals surface area contributed by atoms with E-state index in [1.54, 1.807) is 6.07 Å². The molecule has 0 bridgehead atoms. The van der Waals surface area contributed by atoms with Crippen LogP contribution in [0.25, 0.3) is 0 Å². The van der Waals surface area contributed by atoms with Crippen LogP contribution < -0.4 is 0 Å². The van der Waals surface area contributed by atoms with Gasteiger partial charge in [-0.05, 0) is 13.0 Å². The van der Waals surface area contributed by atoms with E-state index in [1.807, 2.05) is 0 Å². The lowest BCUT2D eigenvalue weighted by Crippen LogP contribution is -2.14. The van der Waals surface area contributed by atoms with Gasteiger partial charge >= 0.3 is 0 Å². The molecule has 12 heavy (non-hydrogen) atoms. The van der Waals surface area contributed by atoms with E-state index in [2.05, 4.69) is 0 Å². The molecule has 0 saturated heterocycles. The molecule has 0 saturated carbocycles. The Morgan fingerprint density at radius 3 is 2.33 bits per heavy atom. The first-order chi connectivity index (χ1) is 5.63. The third-order valence-electron chi connectivity index (χ3n) is 1.68. The summed E-state index contributed by atoms with van der Waals surface area (Å²) in [5.41, 5.74) is 0.132. The standard InChI is InChI=1S/C9H11FO2/c1-6(11)9(12)7-4-2-3-5-8(7)10/h2-6,9,11-12H,1H3/t6-,9+/m1/s1. The van der Waals surface area contributed by atoms with Gasteiger partial charge in [-0.25, -0.2) is 4.39 Å².